The first-order chi connectivity index (χ1) is 15.4. The van der Waals surface area contributed by atoms with Crippen LogP contribution in [0.2, 0.25) is 5.02 Å². The lowest BCUT2D eigenvalue weighted by molar-refractivity contribution is 0.168. The van der Waals surface area contributed by atoms with E-state index in [0.29, 0.717) is 23.8 Å². The molecule has 0 aliphatic rings. The number of amides is 1. The van der Waals surface area contributed by atoms with Crippen molar-refractivity contribution in [2.24, 2.45) is 0 Å². The molecule has 0 radical (unpaired) electrons. The molecule has 0 atom stereocenters. The number of carbonyl (C=O) groups is 1. The standard InChI is InChI=1S/C21H28ClN3O6S2/c1-4-25(12-11-23-32(3,27)28)18-7-10-20(16(2)15-18)24-21(26)31-13-14-33(29,30)19-8-5-17(22)6-9-19/h5-10,15,23H,4,11-14H2,1-3H3,(H,24,26). The summed E-state index contributed by atoms with van der Waals surface area (Å²) in [6.07, 6.45) is 0.349. The van der Waals surface area contributed by atoms with E-state index in [1.54, 1.807) is 12.1 Å². The predicted octanol–water partition coefficient (Wildman–Crippen LogP) is 3.05. The number of benzene rings is 2. The number of rotatable bonds is 11. The highest BCUT2D eigenvalue weighted by Gasteiger charge is 2.16. The number of anilines is 2. The number of carbonyl (C=O) groups excluding carboxylic acids is 1. The highest BCUT2D eigenvalue weighted by Crippen LogP contribution is 2.23. The highest BCUT2D eigenvalue weighted by atomic mass is 35.5. The third-order valence-corrected chi connectivity index (χ3v) is 7.37. The number of nitrogens with one attached hydrogen (secondary N) is 2. The van der Waals surface area contributed by atoms with E-state index >= 15 is 0 Å². The van der Waals surface area contributed by atoms with E-state index in [0.717, 1.165) is 17.5 Å². The van der Waals surface area contributed by atoms with Crippen LogP contribution in [0.3, 0.4) is 0 Å². The average molecular weight is 518 g/mol. The topological polar surface area (TPSA) is 122 Å². The first-order valence-corrected chi connectivity index (χ1v) is 14.1. The van der Waals surface area contributed by atoms with Crippen molar-refractivity contribution in [1.82, 2.24) is 4.72 Å². The lowest BCUT2D eigenvalue weighted by atomic mass is 10.1. The molecule has 2 rings (SSSR count). The summed E-state index contributed by atoms with van der Waals surface area (Å²) in [5.74, 6) is -0.354. The van der Waals surface area contributed by atoms with Gasteiger partial charge >= 0.3 is 6.09 Å². The van der Waals surface area contributed by atoms with Gasteiger partial charge in [0.05, 0.1) is 16.9 Å². The van der Waals surface area contributed by atoms with Crippen molar-refractivity contribution < 1.29 is 26.4 Å². The summed E-state index contributed by atoms with van der Waals surface area (Å²) in [6, 6.07) is 11.1. The van der Waals surface area contributed by atoms with Gasteiger partial charge in [-0.2, -0.15) is 0 Å². The number of aryl methyl sites for hydroxylation is 1. The van der Waals surface area contributed by atoms with E-state index in [9.17, 15) is 21.6 Å². The number of hydrogen-bond donors (Lipinski definition) is 2. The molecule has 0 saturated heterocycles. The molecule has 0 fully saturated rings. The van der Waals surface area contributed by atoms with Crippen molar-refractivity contribution in [2.45, 2.75) is 18.7 Å². The molecule has 0 saturated carbocycles. The zero-order chi connectivity index (χ0) is 24.6. The van der Waals surface area contributed by atoms with E-state index < -0.39 is 26.0 Å². The molecule has 9 nitrogen and oxygen atoms in total. The van der Waals surface area contributed by atoms with Gasteiger partial charge in [-0.15, -0.1) is 0 Å². The zero-order valence-electron chi connectivity index (χ0n) is 18.7. The second kappa shape index (κ2) is 11.7. The van der Waals surface area contributed by atoms with Crippen LogP contribution in [0.25, 0.3) is 0 Å². The number of sulfonamides is 1. The van der Waals surface area contributed by atoms with Gasteiger partial charge in [-0.1, -0.05) is 11.6 Å². The molecular formula is C21H28ClN3O6S2. The largest absolute Gasteiger partial charge is 0.448 e. The Kier molecular flexibility index (Phi) is 9.53. The summed E-state index contributed by atoms with van der Waals surface area (Å²) in [5, 5.41) is 3.04. The van der Waals surface area contributed by atoms with E-state index in [1.165, 1.54) is 24.3 Å². The molecule has 0 aromatic heterocycles. The van der Waals surface area contributed by atoms with E-state index in [4.69, 9.17) is 16.3 Å². The van der Waals surface area contributed by atoms with Crippen molar-refractivity contribution in [1.29, 1.82) is 0 Å². The first kappa shape index (κ1) is 26.9. The van der Waals surface area contributed by atoms with E-state index in [1.807, 2.05) is 24.8 Å². The van der Waals surface area contributed by atoms with Crippen LogP contribution < -0.4 is 14.9 Å². The van der Waals surface area contributed by atoms with Gasteiger partial charge in [-0.25, -0.2) is 26.4 Å². The number of halogens is 1. The molecule has 0 spiro atoms. The summed E-state index contributed by atoms with van der Waals surface area (Å²) in [5.41, 5.74) is 2.17. The molecule has 2 aromatic carbocycles. The fourth-order valence-corrected chi connectivity index (χ4v) is 4.65. The molecule has 0 aliphatic heterocycles. The molecule has 33 heavy (non-hydrogen) atoms. The van der Waals surface area contributed by atoms with Crippen molar-refractivity contribution in [3.8, 4) is 0 Å². The molecule has 2 aromatic rings. The molecule has 0 unspecified atom stereocenters. The Morgan fingerprint density at radius 2 is 1.76 bits per heavy atom. The van der Waals surface area contributed by atoms with Crippen molar-refractivity contribution >= 4 is 48.9 Å². The van der Waals surface area contributed by atoms with Crippen LogP contribution in [-0.4, -0.2) is 61.2 Å². The SMILES string of the molecule is CCN(CCNS(C)(=O)=O)c1ccc(NC(=O)OCCS(=O)(=O)c2ccc(Cl)cc2)c(C)c1. The lowest BCUT2D eigenvalue weighted by Gasteiger charge is -2.24. The molecule has 182 valence electrons. The van der Waals surface area contributed by atoms with Crippen LogP contribution in [0.1, 0.15) is 12.5 Å². The predicted molar refractivity (Wildman–Crippen MR) is 130 cm³/mol. The molecule has 0 heterocycles. The second-order valence-electron chi connectivity index (χ2n) is 7.28. The Hall–Kier alpha value is -2.34. The van der Waals surface area contributed by atoms with Crippen LogP contribution in [0, 0.1) is 6.92 Å². The zero-order valence-corrected chi connectivity index (χ0v) is 21.1. The Morgan fingerprint density at radius 1 is 1.09 bits per heavy atom. The minimum Gasteiger partial charge on any atom is -0.448 e. The molecule has 1 amide bonds. The second-order valence-corrected chi connectivity index (χ2v) is 11.7. The molecule has 0 aliphatic carbocycles. The number of likely N-dealkylation sites (N-methyl/N-ethyl adjacent to an activating group) is 1. The number of hydrogen-bond acceptors (Lipinski definition) is 7. The first-order valence-electron chi connectivity index (χ1n) is 10.1. The van der Waals surface area contributed by atoms with Gasteiger partial charge in [0.15, 0.2) is 9.84 Å². The Morgan fingerprint density at radius 3 is 2.33 bits per heavy atom. The quantitative estimate of drug-likeness (QED) is 0.469. The van der Waals surface area contributed by atoms with Gasteiger partial charge in [0, 0.05) is 36.0 Å². The number of nitrogens with zero attached hydrogens (tertiary/aromatic N) is 1. The minimum absolute atomic E-state index is 0.106. The van der Waals surface area contributed by atoms with Crippen LogP contribution >= 0.6 is 11.6 Å². The van der Waals surface area contributed by atoms with Gasteiger partial charge < -0.3 is 9.64 Å². The Balaban J connectivity index is 1.90. The van der Waals surface area contributed by atoms with Gasteiger partial charge in [0.1, 0.15) is 6.61 Å². The fourth-order valence-electron chi connectivity index (χ4n) is 2.97. The van der Waals surface area contributed by atoms with Crippen LogP contribution in [0.5, 0.6) is 0 Å². The highest BCUT2D eigenvalue weighted by molar-refractivity contribution is 7.91. The smallest absolute Gasteiger partial charge is 0.411 e. The van der Waals surface area contributed by atoms with Crippen LogP contribution in [-0.2, 0) is 24.6 Å². The Labute approximate surface area is 200 Å². The van der Waals surface area contributed by atoms with E-state index in [2.05, 4.69) is 10.0 Å². The van der Waals surface area contributed by atoms with E-state index in [-0.39, 0.29) is 23.8 Å². The van der Waals surface area contributed by atoms with Gasteiger partial charge in [-0.3, -0.25) is 5.32 Å². The maximum absolute atomic E-state index is 12.3. The van der Waals surface area contributed by atoms with Crippen molar-refractivity contribution in [3.63, 3.8) is 0 Å². The maximum Gasteiger partial charge on any atom is 0.411 e. The Bertz CT molecular complexity index is 1170. The van der Waals surface area contributed by atoms with Gasteiger partial charge in [0.2, 0.25) is 10.0 Å². The normalized spacial score (nSPS) is 11.8. The molecule has 0 bridgehead atoms. The summed E-state index contributed by atoms with van der Waals surface area (Å²) in [6.45, 7) is 4.90. The fraction of sp³-hybridized carbons (Fsp3) is 0.381. The monoisotopic (exact) mass is 517 g/mol. The number of ether oxygens (including phenoxy) is 1. The number of sulfone groups is 1. The lowest BCUT2D eigenvalue weighted by Crippen LogP contribution is -2.34. The third-order valence-electron chi connectivity index (χ3n) is 4.70. The van der Waals surface area contributed by atoms with Crippen molar-refractivity contribution in [3.05, 3.63) is 53.1 Å². The maximum atomic E-state index is 12.3. The van der Waals surface area contributed by atoms with Crippen molar-refractivity contribution in [2.75, 3.05) is 48.5 Å². The minimum atomic E-state index is -3.60. The average Bonchev–Trinajstić information content (AvgIpc) is 2.72. The van der Waals surface area contributed by atoms with Crippen LogP contribution in [0.15, 0.2) is 47.4 Å². The summed E-state index contributed by atoms with van der Waals surface area (Å²) >= 11 is 5.77. The summed E-state index contributed by atoms with van der Waals surface area (Å²) in [7, 11) is -6.86. The van der Waals surface area contributed by atoms with Gasteiger partial charge in [-0.05, 0) is 61.9 Å². The summed E-state index contributed by atoms with van der Waals surface area (Å²) in [4.78, 5) is 14.2. The van der Waals surface area contributed by atoms with Gasteiger partial charge in [0.25, 0.3) is 0 Å². The molecule has 2 N–H and O–H groups in total. The van der Waals surface area contributed by atoms with Crippen LogP contribution in [0.4, 0.5) is 16.2 Å². The molecule has 12 heteroatoms. The third kappa shape index (κ3) is 8.84. The molecular weight excluding hydrogens is 490 g/mol. The summed E-state index contributed by atoms with van der Waals surface area (Å²) < 4.78 is 54.6.